The zero-order valence-corrected chi connectivity index (χ0v) is 9.94. The van der Waals surface area contributed by atoms with Gasteiger partial charge in [-0.1, -0.05) is 0 Å². The standard InChI is InChI=1S/C10H18ClNO2/c1-9(2,3)14-8(13)10(4)5-7(11)6-12-10/h7,12H,5-6H2,1-4H3. The third kappa shape index (κ3) is 2.85. The van der Waals surface area contributed by atoms with E-state index < -0.39 is 11.1 Å². The SMILES string of the molecule is CC(C)(C)OC(=O)C1(C)CC(Cl)CN1. The molecular weight excluding hydrogens is 202 g/mol. The zero-order valence-electron chi connectivity index (χ0n) is 9.19. The first-order chi connectivity index (χ1) is 6.23. The Labute approximate surface area is 90.1 Å². The second-order valence-corrected chi connectivity index (χ2v) is 5.63. The molecule has 0 aliphatic carbocycles. The number of carbonyl (C=O) groups excluding carboxylic acids is 1. The van der Waals surface area contributed by atoms with Crippen molar-refractivity contribution >= 4 is 17.6 Å². The molecule has 1 N–H and O–H groups in total. The summed E-state index contributed by atoms with van der Waals surface area (Å²) < 4.78 is 5.31. The highest BCUT2D eigenvalue weighted by molar-refractivity contribution is 6.21. The second kappa shape index (κ2) is 3.70. The fourth-order valence-electron chi connectivity index (χ4n) is 1.47. The molecule has 0 aromatic carbocycles. The minimum Gasteiger partial charge on any atom is -0.459 e. The van der Waals surface area contributed by atoms with Crippen molar-refractivity contribution in [2.75, 3.05) is 6.54 Å². The van der Waals surface area contributed by atoms with Crippen LogP contribution >= 0.6 is 11.6 Å². The van der Waals surface area contributed by atoms with Crippen molar-refractivity contribution in [2.24, 2.45) is 0 Å². The van der Waals surface area contributed by atoms with Gasteiger partial charge in [-0.15, -0.1) is 11.6 Å². The lowest BCUT2D eigenvalue weighted by atomic mass is 10.0. The van der Waals surface area contributed by atoms with Crippen molar-refractivity contribution in [3.05, 3.63) is 0 Å². The maximum absolute atomic E-state index is 11.8. The van der Waals surface area contributed by atoms with E-state index >= 15 is 0 Å². The van der Waals surface area contributed by atoms with Crippen LogP contribution in [0.5, 0.6) is 0 Å². The van der Waals surface area contributed by atoms with Gasteiger partial charge in [0, 0.05) is 11.9 Å². The van der Waals surface area contributed by atoms with Gasteiger partial charge in [0.05, 0.1) is 0 Å². The Kier molecular flexibility index (Phi) is 3.12. The third-order valence-electron chi connectivity index (χ3n) is 2.19. The highest BCUT2D eigenvalue weighted by Gasteiger charge is 2.42. The molecule has 3 nitrogen and oxygen atoms in total. The first-order valence-corrected chi connectivity index (χ1v) is 5.29. The summed E-state index contributed by atoms with van der Waals surface area (Å²) in [6.45, 7) is 8.09. The summed E-state index contributed by atoms with van der Waals surface area (Å²) in [7, 11) is 0. The molecular formula is C10H18ClNO2. The first-order valence-electron chi connectivity index (χ1n) is 4.85. The van der Waals surface area contributed by atoms with E-state index in [1.54, 1.807) is 0 Å². The molecule has 82 valence electrons. The molecule has 2 atom stereocenters. The Balaban J connectivity index is 2.61. The maximum Gasteiger partial charge on any atom is 0.326 e. The van der Waals surface area contributed by atoms with Crippen molar-refractivity contribution in [1.82, 2.24) is 5.32 Å². The summed E-state index contributed by atoms with van der Waals surface area (Å²) in [4.78, 5) is 11.8. The molecule has 1 aliphatic rings. The number of carbonyl (C=O) groups is 1. The molecule has 0 aromatic rings. The van der Waals surface area contributed by atoms with Crippen LogP contribution in [0.1, 0.15) is 34.1 Å². The van der Waals surface area contributed by atoms with Gasteiger partial charge in [-0.3, -0.25) is 4.79 Å². The molecule has 1 rings (SSSR count). The number of esters is 1. The van der Waals surface area contributed by atoms with Crippen LogP contribution < -0.4 is 5.32 Å². The lowest BCUT2D eigenvalue weighted by molar-refractivity contribution is -0.161. The minimum absolute atomic E-state index is 0.0209. The average Bonchev–Trinajstić information content (AvgIpc) is 2.29. The first kappa shape index (κ1) is 11.8. The maximum atomic E-state index is 11.8. The lowest BCUT2D eigenvalue weighted by Crippen LogP contribution is -2.48. The van der Waals surface area contributed by atoms with Crippen molar-refractivity contribution in [2.45, 2.75) is 50.6 Å². The van der Waals surface area contributed by atoms with Gasteiger partial charge in [-0.05, 0) is 34.1 Å². The minimum atomic E-state index is -0.611. The van der Waals surface area contributed by atoms with Gasteiger partial charge >= 0.3 is 5.97 Å². The fraction of sp³-hybridized carbons (Fsp3) is 0.900. The average molecular weight is 220 g/mol. The monoisotopic (exact) mass is 219 g/mol. The zero-order chi connectivity index (χ0) is 11.0. The van der Waals surface area contributed by atoms with Crippen molar-refractivity contribution in [1.29, 1.82) is 0 Å². The molecule has 0 saturated carbocycles. The third-order valence-corrected chi connectivity index (χ3v) is 2.50. The van der Waals surface area contributed by atoms with Gasteiger partial charge in [0.15, 0.2) is 0 Å². The van der Waals surface area contributed by atoms with Crippen LogP contribution in [-0.2, 0) is 9.53 Å². The van der Waals surface area contributed by atoms with E-state index in [4.69, 9.17) is 16.3 Å². The van der Waals surface area contributed by atoms with Gasteiger partial charge in [0.25, 0.3) is 0 Å². The van der Waals surface area contributed by atoms with E-state index in [0.717, 1.165) is 0 Å². The van der Waals surface area contributed by atoms with Crippen LogP contribution in [0.3, 0.4) is 0 Å². The summed E-state index contributed by atoms with van der Waals surface area (Å²) in [5.41, 5.74) is -1.05. The predicted molar refractivity (Wildman–Crippen MR) is 56.5 cm³/mol. The molecule has 4 heteroatoms. The molecule has 0 radical (unpaired) electrons. The molecule has 2 unspecified atom stereocenters. The van der Waals surface area contributed by atoms with Crippen LogP contribution in [0.25, 0.3) is 0 Å². The van der Waals surface area contributed by atoms with E-state index in [1.807, 2.05) is 27.7 Å². The van der Waals surface area contributed by atoms with Gasteiger partial charge in [-0.25, -0.2) is 0 Å². The normalized spacial score (nSPS) is 33.1. The topological polar surface area (TPSA) is 38.3 Å². The lowest BCUT2D eigenvalue weighted by Gasteiger charge is -2.28. The van der Waals surface area contributed by atoms with E-state index in [1.165, 1.54) is 0 Å². The van der Waals surface area contributed by atoms with Crippen molar-refractivity contribution in [3.8, 4) is 0 Å². The largest absolute Gasteiger partial charge is 0.459 e. The molecule has 0 aromatic heterocycles. The Morgan fingerprint density at radius 1 is 1.57 bits per heavy atom. The van der Waals surface area contributed by atoms with Crippen molar-refractivity contribution < 1.29 is 9.53 Å². The smallest absolute Gasteiger partial charge is 0.326 e. The molecule has 1 saturated heterocycles. The summed E-state index contributed by atoms with van der Waals surface area (Å²) in [5.74, 6) is -0.215. The molecule has 1 aliphatic heterocycles. The van der Waals surface area contributed by atoms with Gasteiger partial charge in [0.1, 0.15) is 11.1 Å². The highest BCUT2D eigenvalue weighted by Crippen LogP contribution is 2.25. The van der Waals surface area contributed by atoms with Crippen LogP contribution in [-0.4, -0.2) is 29.0 Å². The summed E-state index contributed by atoms with van der Waals surface area (Å²) in [6.07, 6.45) is 0.628. The fourth-order valence-corrected chi connectivity index (χ4v) is 1.86. The van der Waals surface area contributed by atoms with Crippen LogP contribution in [0.15, 0.2) is 0 Å². The number of halogens is 1. The highest BCUT2D eigenvalue weighted by atomic mass is 35.5. The molecule has 1 fully saturated rings. The van der Waals surface area contributed by atoms with Crippen LogP contribution in [0.2, 0.25) is 0 Å². The van der Waals surface area contributed by atoms with Gasteiger partial charge in [-0.2, -0.15) is 0 Å². The summed E-state index contributed by atoms with van der Waals surface area (Å²) in [5, 5.41) is 3.12. The quantitative estimate of drug-likeness (QED) is 0.539. The van der Waals surface area contributed by atoms with E-state index in [9.17, 15) is 4.79 Å². The van der Waals surface area contributed by atoms with E-state index in [-0.39, 0.29) is 11.3 Å². The number of rotatable bonds is 1. The number of hydrogen-bond acceptors (Lipinski definition) is 3. The number of nitrogens with one attached hydrogen (secondary N) is 1. The Bertz CT molecular complexity index is 237. The van der Waals surface area contributed by atoms with Crippen LogP contribution in [0.4, 0.5) is 0 Å². The van der Waals surface area contributed by atoms with E-state index in [2.05, 4.69) is 5.32 Å². The number of hydrogen-bond donors (Lipinski definition) is 1. The van der Waals surface area contributed by atoms with Gasteiger partial charge < -0.3 is 10.1 Å². The second-order valence-electron chi connectivity index (χ2n) is 5.02. The van der Waals surface area contributed by atoms with Gasteiger partial charge in [0.2, 0.25) is 0 Å². The predicted octanol–water partition coefficient (Wildman–Crippen LogP) is 1.69. The van der Waals surface area contributed by atoms with E-state index in [0.29, 0.717) is 13.0 Å². The van der Waals surface area contributed by atoms with Crippen LogP contribution in [0, 0.1) is 0 Å². The molecule has 0 amide bonds. The Morgan fingerprint density at radius 3 is 2.50 bits per heavy atom. The Morgan fingerprint density at radius 2 is 2.14 bits per heavy atom. The number of alkyl halides is 1. The summed E-state index contributed by atoms with van der Waals surface area (Å²) >= 11 is 5.94. The molecule has 14 heavy (non-hydrogen) atoms. The molecule has 0 bridgehead atoms. The summed E-state index contributed by atoms with van der Waals surface area (Å²) in [6, 6.07) is 0. The molecule has 0 spiro atoms. The number of ether oxygens (including phenoxy) is 1. The van der Waals surface area contributed by atoms with Crippen molar-refractivity contribution in [3.63, 3.8) is 0 Å². The Hall–Kier alpha value is -0.280. The molecule has 1 heterocycles.